The van der Waals surface area contributed by atoms with Gasteiger partial charge in [0.15, 0.2) is 5.13 Å². The van der Waals surface area contributed by atoms with Crippen LogP contribution in [0.3, 0.4) is 0 Å². The number of aromatic nitrogens is 3. The molecule has 0 aromatic carbocycles. The van der Waals surface area contributed by atoms with Gasteiger partial charge in [0, 0.05) is 17.8 Å². The van der Waals surface area contributed by atoms with Gasteiger partial charge in [0.05, 0.1) is 12.3 Å². The van der Waals surface area contributed by atoms with Crippen LogP contribution in [0.4, 0.5) is 10.9 Å². The first-order chi connectivity index (χ1) is 10.8. The van der Waals surface area contributed by atoms with Gasteiger partial charge < -0.3 is 5.32 Å². The SMILES string of the molecule is Cc1cccnc1Nc1nc(-c2ccc(CON)cn2)cs1. The van der Waals surface area contributed by atoms with Crippen molar-refractivity contribution in [3.05, 3.63) is 53.2 Å². The number of rotatable bonds is 5. The van der Waals surface area contributed by atoms with Gasteiger partial charge in [-0.2, -0.15) is 0 Å². The summed E-state index contributed by atoms with van der Waals surface area (Å²) in [5, 5.41) is 5.97. The zero-order chi connectivity index (χ0) is 15.4. The average Bonchev–Trinajstić information content (AvgIpc) is 2.99. The Balaban J connectivity index is 1.77. The quantitative estimate of drug-likeness (QED) is 0.704. The lowest BCUT2D eigenvalue weighted by atomic mass is 10.2. The van der Waals surface area contributed by atoms with Crippen molar-refractivity contribution >= 4 is 22.3 Å². The molecule has 0 aliphatic carbocycles. The summed E-state index contributed by atoms with van der Waals surface area (Å²) < 4.78 is 0. The molecule has 0 amide bonds. The highest BCUT2D eigenvalue weighted by atomic mass is 32.1. The van der Waals surface area contributed by atoms with E-state index in [4.69, 9.17) is 5.90 Å². The maximum absolute atomic E-state index is 5.05. The van der Waals surface area contributed by atoms with E-state index >= 15 is 0 Å². The van der Waals surface area contributed by atoms with Gasteiger partial charge in [-0.15, -0.1) is 11.3 Å². The summed E-state index contributed by atoms with van der Waals surface area (Å²) in [6, 6.07) is 7.73. The van der Waals surface area contributed by atoms with Gasteiger partial charge in [0.1, 0.15) is 11.5 Å². The molecule has 0 aliphatic rings. The van der Waals surface area contributed by atoms with E-state index in [1.165, 1.54) is 11.3 Å². The zero-order valence-corrected chi connectivity index (χ0v) is 12.8. The molecule has 3 aromatic rings. The number of anilines is 2. The first kappa shape index (κ1) is 14.6. The third-order valence-corrected chi connectivity index (χ3v) is 3.83. The van der Waals surface area contributed by atoms with E-state index in [-0.39, 0.29) is 0 Å². The molecule has 3 N–H and O–H groups in total. The number of hydrogen-bond acceptors (Lipinski definition) is 7. The largest absolute Gasteiger partial charge is 0.316 e. The van der Waals surface area contributed by atoms with Crippen molar-refractivity contribution < 1.29 is 4.84 Å². The highest BCUT2D eigenvalue weighted by molar-refractivity contribution is 7.14. The Labute approximate surface area is 132 Å². The lowest BCUT2D eigenvalue weighted by molar-refractivity contribution is 0.124. The van der Waals surface area contributed by atoms with Crippen LogP contribution in [0.2, 0.25) is 0 Å². The van der Waals surface area contributed by atoms with Crippen LogP contribution in [0, 0.1) is 6.92 Å². The minimum absolute atomic E-state index is 0.343. The summed E-state index contributed by atoms with van der Waals surface area (Å²) in [4.78, 5) is 17.8. The first-order valence-corrected chi connectivity index (χ1v) is 7.55. The van der Waals surface area contributed by atoms with Crippen molar-refractivity contribution in [1.82, 2.24) is 15.0 Å². The molecule has 22 heavy (non-hydrogen) atoms. The summed E-state index contributed by atoms with van der Waals surface area (Å²) in [7, 11) is 0. The second kappa shape index (κ2) is 6.61. The van der Waals surface area contributed by atoms with E-state index in [9.17, 15) is 0 Å². The molecule has 7 heteroatoms. The summed E-state index contributed by atoms with van der Waals surface area (Å²) in [5.41, 5.74) is 3.62. The van der Waals surface area contributed by atoms with Gasteiger partial charge in [0.25, 0.3) is 0 Å². The number of nitrogens with zero attached hydrogens (tertiary/aromatic N) is 3. The zero-order valence-electron chi connectivity index (χ0n) is 12.0. The van der Waals surface area contributed by atoms with Crippen molar-refractivity contribution in [3.63, 3.8) is 0 Å². The highest BCUT2D eigenvalue weighted by Crippen LogP contribution is 2.26. The average molecular weight is 313 g/mol. The van der Waals surface area contributed by atoms with Crippen molar-refractivity contribution in [2.45, 2.75) is 13.5 Å². The molecule has 0 radical (unpaired) electrons. The third kappa shape index (κ3) is 3.28. The third-order valence-electron chi connectivity index (χ3n) is 3.08. The lowest BCUT2D eigenvalue weighted by Gasteiger charge is -2.04. The normalized spacial score (nSPS) is 10.6. The van der Waals surface area contributed by atoms with Gasteiger partial charge >= 0.3 is 0 Å². The van der Waals surface area contributed by atoms with Gasteiger partial charge in [-0.3, -0.25) is 9.82 Å². The molecular formula is C15H15N5OS. The number of aryl methyl sites for hydroxylation is 1. The van der Waals surface area contributed by atoms with E-state index in [0.717, 1.165) is 33.5 Å². The van der Waals surface area contributed by atoms with E-state index in [1.54, 1.807) is 12.4 Å². The van der Waals surface area contributed by atoms with Crippen LogP contribution in [0.1, 0.15) is 11.1 Å². The Morgan fingerprint density at radius 2 is 2.14 bits per heavy atom. The topological polar surface area (TPSA) is 86.0 Å². The van der Waals surface area contributed by atoms with Crippen molar-refractivity contribution in [2.75, 3.05) is 5.32 Å². The number of thiazole rings is 1. The van der Waals surface area contributed by atoms with Gasteiger partial charge in [-0.25, -0.2) is 15.9 Å². The number of hydrogen-bond donors (Lipinski definition) is 2. The fraction of sp³-hybridized carbons (Fsp3) is 0.133. The van der Waals surface area contributed by atoms with E-state index < -0.39 is 0 Å². The Morgan fingerprint density at radius 1 is 1.23 bits per heavy atom. The minimum Gasteiger partial charge on any atom is -0.316 e. The fourth-order valence-electron chi connectivity index (χ4n) is 1.92. The van der Waals surface area contributed by atoms with Crippen LogP contribution < -0.4 is 11.2 Å². The molecule has 0 aliphatic heterocycles. The van der Waals surface area contributed by atoms with Crippen molar-refractivity contribution in [3.8, 4) is 11.4 Å². The molecule has 112 valence electrons. The summed E-state index contributed by atoms with van der Waals surface area (Å²) in [5.74, 6) is 5.86. The molecular weight excluding hydrogens is 298 g/mol. The Kier molecular flexibility index (Phi) is 4.38. The van der Waals surface area contributed by atoms with Gasteiger partial charge in [-0.1, -0.05) is 12.1 Å². The first-order valence-electron chi connectivity index (χ1n) is 6.67. The number of nitrogens with two attached hydrogens (primary N) is 1. The molecule has 0 unspecified atom stereocenters. The molecule has 0 fully saturated rings. The molecule has 0 spiro atoms. The Hall–Kier alpha value is -2.35. The van der Waals surface area contributed by atoms with E-state index in [1.807, 2.05) is 36.6 Å². The number of pyridine rings is 2. The highest BCUT2D eigenvalue weighted by Gasteiger charge is 2.07. The molecule has 0 atom stereocenters. The second-order valence-corrected chi connectivity index (χ2v) is 5.55. The van der Waals surface area contributed by atoms with Gasteiger partial charge in [-0.05, 0) is 30.2 Å². The molecule has 3 heterocycles. The molecule has 0 saturated carbocycles. The fourth-order valence-corrected chi connectivity index (χ4v) is 2.63. The predicted molar refractivity (Wildman–Crippen MR) is 86.6 cm³/mol. The monoisotopic (exact) mass is 313 g/mol. The molecule has 3 rings (SSSR count). The van der Waals surface area contributed by atoms with Crippen LogP contribution in [-0.2, 0) is 11.4 Å². The van der Waals surface area contributed by atoms with Gasteiger partial charge in [0.2, 0.25) is 0 Å². The molecule has 0 bridgehead atoms. The summed E-state index contributed by atoms with van der Waals surface area (Å²) >= 11 is 1.52. The molecule has 6 nitrogen and oxygen atoms in total. The summed E-state index contributed by atoms with van der Waals surface area (Å²) in [6.45, 7) is 2.35. The lowest BCUT2D eigenvalue weighted by Crippen LogP contribution is -1.99. The van der Waals surface area contributed by atoms with Crippen molar-refractivity contribution in [2.24, 2.45) is 5.90 Å². The number of nitrogens with one attached hydrogen (secondary N) is 1. The van der Waals surface area contributed by atoms with E-state index in [2.05, 4.69) is 25.1 Å². The van der Waals surface area contributed by atoms with Crippen LogP contribution in [0.5, 0.6) is 0 Å². The predicted octanol–water partition coefficient (Wildman–Crippen LogP) is 3.04. The maximum Gasteiger partial charge on any atom is 0.188 e. The van der Waals surface area contributed by atoms with Crippen LogP contribution >= 0.6 is 11.3 Å². The summed E-state index contributed by atoms with van der Waals surface area (Å²) in [6.07, 6.45) is 3.49. The second-order valence-electron chi connectivity index (χ2n) is 4.69. The standard InChI is InChI=1S/C15H15N5OS/c1-10-3-2-6-17-14(10)20-15-19-13(9-22-15)12-5-4-11(7-18-12)8-21-16/h2-7,9H,8,16H2,1H3,(H,17,19,20). The Bertz CT molecular complexity index is 757. The smallest absolute Gasteiger partial charge is 0.188 e. The Morgan fingerprint density at radius 3 is 2.86 bits per heavy atom. The van der Waals surface area contributed by atoms with E-state index in [0.29, 0.717) is 6.61 Å². The van der Waals surface area contributed by atoms with Crippen LogP contribution in [0.25, 0.3) is 11.4 Å². The minimum atomic E-state index is 0.343. The van der Waals surface area contributed by atoms with Crippen LogP contribution in [0.15, 0.2) is 42.0 Å². The maximum atomic E-state index is 5.05. The molecule has 0 saturated heterocycles. The van der Waals surface area contributed by atoms with Crippen molar-refractivity contribution in [1.29, 1.82) is 0 Å². The van der Waals surface area contributed by atoms with Crippen LogP contribution in [-0.4, -0.2) is 15.0 Å². The molecule has 3 aromatic heterocycles.